The lowest BCUT2D eigenvalue weighted by Gasteiger charge is -2.14. The summed E-state index contributed by atoms with van der Waals surface area (Å²) in [7, 11) is 0. The molecule has 0 radical (unpaired) electrons. The van der Waals surface area contributed by atoms with E-state index in [4.69, 9.17) is 5.21 Å². The standard InChI is InChI=1S/C16H12IN5O4/c17-10-2-4-11(5-3-10)19-13-9-14(21-7-1-6-18-21)15(22(25)26)8-12(13)16(23)20-24/h1-9,19,24H,(H,20,23). The smallest absolute Gasteiger partial charge is 0.295 e. The first-order valence-electron chi connectivity index (χ1n) is 7.29. The van der Waals surface area contributed by atoms with Crippen LogP contribution in [0.25, 0.3) is 5.69 Å². The Morgan fingerprint density at radius 1 is 1.27 bits per heavy atom. The van der Waals surface area contributed by atoms with Gasteiger partial charge >= 0.3 is 0 Å². The number of carbonyl (C=O) groups excluding carboxylic acids is 1. The molecule has 0 bridgehead atoms. The van der Waals surface area contributed by atoms with E-state index >= 15 is 0 Å². The molecule has 0 fully saturated rings. The van der Waals surface area contributed by atoms with Crippen LogP contribution in [0.3, 0.4) is 0 Å². The van der Waals surface area contributed by atoms with Crippen molar-refractivity contribution in [3.05, 3.63) is 74.1 Å². The molecule has 1 aromatic heterocycles. The maximum Gasteiger partial charge on any atom is 0.295 e. The first kappa shape index (κ1) is 17.8. The molecule has 1 heterocycles. The quantitative estimate of drug-likeness (QED) is 0.230. The molecule has 0 saturated heterocycles. The summed E-state index contributed by atoms with van der Waals surface area (Å²) in [5.74, 6) is -0.867. The lowest BCUT2D eigenvalue weighted by Crippen LogP contribution is -2.20. The fourth-order valence-electron chi connectivity index (χ4n) is 2.36. The number of amides is 1. The van der Waals surface area contributed by atoms with Crippen LogP contribution < -0.4 is 10.8 Å². The fraction of sp³-hybridized carbons (Fsp3) is 0. The minimum atomic E-state index is -0.867. The van der Waals surface area contributed by atoms with Crippen LogP contribution in [0.2, 0.25) is 0 Å². The van der Waals surface area contributed by atoms with Crippen molar-refractivity contribution in [3.63, 3.8) is 0 Å². The molecule has 0 saturated carbocycles. The highest BCUT2D eigenvalue weighted by molar-refractivity contribution is 14.1. The summed E-state index contributed by atoms with van der Waals surface area (Å²) in [5.41, 5.74) is 2.26. The highest BCUT2D eigenvalue weighted by atomic mass is 127. The summed E-state index contributed by atoms with van der Waals surface area (Å²) in [4.78, 5) is 22.8. The number of benzene rings is 2. The average Bonchev–Trinajstić information content (AvgIpc) is 3.17. The van der Waals surface area contributed by atoms with Gasteiger partial charge in [-0.15, -0.1) is 0 Å². The van der Waals surface area contributed by atoms with Crippen molar-refractivity contribution in [1.29, 1.82) is 0 Å². The van der Waals surface area contributed by atoms with Crippen molar-refractivity contribution < 1.29 is 14.9 Å². The van der Waals surface area contributed by atoms with E-state index < -0.39 is 10.8 Å². The Balaban J connectivity index is 2.16. The molecule has 3 aromatic rings. The molecule has 0 aliphatic carbocycles. The minimum absolute atomic E-state index is 0.0753. The summed E-state index contributed by atoms with van der Waals surface area (Å²) >= 11 is 2.16. The normalized spacial score (nSPS) is 10.4. The Hall–Kier alpha value is -2.99. The van der Waals surface area contributed by atoms with Crippen molar-refractivity contribution in [2.45, 2.75) is 0 Å². The number of hydrogen-bond acceptors (Lipinski definition) is 6. The third-order valence-electron chi connectivity index (χ3n) is 3.53. The summed E-state index contributed by atoms with van der Waals surface area (Å²) in [6, 6.07) is 11.5. The second-order valence-corrected chi connectivity index (χ2v) is 6.41. The number of aromatic nitrogens is 2. The van der Waals surface area contributed by atoms with Gasteiger partial charge in [-0.1, -0.05) is 0 Å². The van der Waals surface area contributed by atoms with Gasteiger partial charge in [0.2, 0.25) is 0 Å². The van der Waals surface area contributed by atoms with Crippen LogP contribution in [0.1, 0.15) is 10.4 Å². The van der Waals surface area contributed by atoms with Crippen molar-refractivity contribution in [1.82, 2.24) is 15.3 Å². The molecule has 132 valence electrons. The Morgan fingerprint density at radius 2 is 2.00 bits per heavy atom. The predicted octanol–water partition coefficient (Wildman–Crippen LogP) is 3.25. The summed E-state index contributed by atoms with van der Waals surface area (Å²) in [6.45, 7) is 0. The second-order valence-electron chi connectivity index (χ2n) is 5.17. The van der Waals surface area contributed by atoms with Crippen LogP contribution in [0.15, 0.2) is 54.9 Å². The number of nitro groups is 1. The van der Waals surface area contributed by atoms with E-state index in [0.29, 0.717) is 5.69 Å². The number of halogens is 1. The van der Waals surface area contributed by atoms with Gasteiger partial charge in [0.1, 0.15) is 5.69 Å². The summed E-state index contributed by atoms with van der Waals surface area (Å²) < 4.78 is 2.36. The third kappa shape index (κ3) is 3.65. The molecule has 0 aliphatic rings. The van der Waals surface area contributed by atoms with Crippen LogP contribution in [0, 0.1) is 13.7 Å². The van der Waals surface area contributed by atoms with E-state index in [1.54, 1.807) is 24.4 Å². The minimum Gasteiger partial charge on any atom is -0.355 e. The van der Waals surface area contributed by atoms with E-state index in [-0.39, 0.29) is 22.6 Å². The van der Waals surface area contributed by atoms with Gasteiger partial charge in [0, 0.05) is 27.7 Å². The Labute approximate surface area is 160 Å². The first-order valence-corrected chi connectivity index (χ1v) is 8.37. The number of carbonyl (C=O) groups is 1. The Bertz CT molecular complexity index is 958. The molecular weight excluding hydrogens is 453 g/mol. The third-order valence-corrected chi connectivity index (χ3v) is 4.25. The molecule has 26 heavy (non-hydrogen) atoms. The van der Waals surface area contributed by atoms with Gasteiger partial charge < -0.3 is 5.32 Å². The molecule has 3 rings (SSSR count). The number of nitrogens with zero attached hydrogens (tertiary/aromatic N) is 3. The van der Waals surface area contributed by atoms with Gasteiger partial charge in [0.15, 0.2) is 0 Å². The molecule has 1 amide bonds. The van der Waals surface area contributed by atoms with E-state index in [1.165, 1.54) is 22.4 Å². The van der Waals surface area contributed by atoms with Crippen LogP contribution in [0.5, 0.6) is 0 Å². The van der Waals surface area contributed by atoms with Crippen molar-refractivity contribution >= 4 is 45.6 Å². The molecule has 0 spiro atoms. The maximum absolute atomic E-state index is 12.0. The van der Waals surface area contributed by atoms with Crippen LogP contribution >= 0.6 is 22.6 Å². The predicted molar refractivity (Wildman–Crippen MR) is 102 cm³/mol. The Kier molecular flexibility index (Phi) is 5.14. The Morgan fingerprint density at radius 3 is 2.58 bits per heavy atom. The number of rotatable bonds is 5. The van der Waals surface area contributed by atoms with E-state index in [1.807, 2.05) is 12.1 Å². The number of hydrogen-bond donors (Lipinski definition) is 3. The van der Waals surface area contributed by atoms with Crippen LogP contribution in [-0.4, -0.2) is 25.8 Å². The highest BCUT2D eigenvalue weighted by Gasteiger charge is 2.23. The molecule has 3 N–H and O–H groups in total. The van der Waals surface area contributed by atoms with Gasteiger partial charge in [0.25, 0.3) is 11.6 Å². The van der Waals surface area contributed by atoms with E-state index in [9.17, 15) is 14.9 Å². The van der Waals surface area contributed by atoms with Gasteiger partial charge in [-0.05, 0) is 59.0 Å². The van der Waals surface area contributed by atoms with E-state index in [0.717, 1.165) is 9.64 Å². The lowest BCUT2D eigenvalue weighted by molar-refractivity contribution is -0.384. The van der Waals surface area contributed by atoms with Crippen LogP contribution in [-0.2, 0) is 0 Å². The second kappa shape index (κ2) is 7.49. The van der Waals surface area contributed by atoms with Crippen molar-refractivity contribution in [3.8, 4) is 5.69 Å². The van der Waals surface area contributed by atoms with Gasteiger partial charge in [-0.25, -0.2) is 10.2 Å². The van der Waals surface area contributed by atoms with Crippen LogP contribution in [0.4, 0.5) is 17.1 Å². The topological polar surface area (TPSA) is 122 Å². The molecule has 2 aromatic carbocycles. The molecular formula is C16H12IN5O4. The zero-order valence-corrected chi connectivity index (χ0v) is 15.2. The monoisotopic (exact) mass is 465 g/mol. The number of nitrogens with one attached hydrogen (secondary N) is 2. The maximum atomic E-state index is 12.0. The first-order chi connectivity index (χ1) is 12.5. The summed E-state index contributed by atoms with van der Waals surface area (Å²) in [5, 5.41) is 27.5. The number of anilines is 2. The number of hydroxylamine groups is 1. The lowest BCUT2D eigenvalue weighted by atomic mass is 10.1. The van der Waals surface area contributed by atoms with E-state index in [2.05, 4.69) is 33.0 Å². The average molecular weight is 465 g/mol. The largest absolute Gasteiger partial charge is 0.355 e. The van der Waals surface area contributed by atoms with Crippen molar-refractivity contribution in [2.24, 2.45) is 0 Å². The molecule has 0 unspecified atom stereocenters. The zero-order chi connectivity index (χ0) is 18.7. The van der Waals surface area contributed by atoms with Gasteiger partial charge in [-0.2, -0.15) is 5.10 Å². The highest BCUT2D eigenvalue weighted by Crippen LogP contribution is 2.31. The van der Waals surface area contributed by atoms with Crippen molar-refractivity contribution in [2.75, 3.05) is 5.32 Å². The van der Waals surface area contributed by atoms with Gasteiger partial charge in [0.05, 0.1) is 16.2 Å². The molecule has 0 aliphatic heterocycles. The number of nitro benzene ring substituents is 1. The molecule has 10 heteroatoms. The summed E-state index contributed by atoms with van der Waals surface area (Å²) in [6.07, 6.45) is 3.05. The fourth-order valence-corrected chi connectivity index (χ4v) is 2.72. The molecule has 9 nitrogen and oxygen atoms in total. The SMILES string of the molecule is O=C(NO)c1cc([N+](=O)[O-])c(-n2cccn2)cc1Nc1ccc(I)cc1. The zero-order valence-electron chi connectivity index (χ0n) is 13.1. The van der Waals surface area contributed by atoms with Gasteiger partial charge in [-0.3, -0.25) is 20.1 Å². The molecule has 0 atom stereocenters.